The number of rotatable bonds is 5. The van der Waals surface area contributed by atoms with Gasteiger partial charge in [0, 0.05) is 17.1 Å². The molecule has 1 aromatic carbocycles. The minimum absolute atomic E-state index is 0.281. The second-order valence-electron chi connectivity index (χ2n) is 5.15. The van der Waals surface area contributed by atoms with Crippen molar-refractivity contribution >= 4 is 22.4 Å². The molecule has 1 amide bonds. The maximum Gasteiger partial charge on any atom is 0.262 e. The van der Waals surface area contributed by atoms with Crippen molar-refractivity contribution in [2.24, 2.45) is 0 Å². The van der Waals surface area contributed by atoms with Crippen LogP contribution in [-0.2, 0) is 0 Å². The summed E-state index contributed by atoms with van der Waals surface area (Å²) in [4.78, 5) is 21.0. The number of anilines is 1. The molecule has 5 nitrogen and oxygen atoms in total. The maximum absolute atomic E-state index is 12.4. The third-order valence-corrected chi connectivity index (χ3v) is 4.13. The molecule has 0 radical (unpaired) electrons. The molecule has 0 aliphatic rings. The molecule has 0 saturated carbocycles. The van der Waals surface area contributed by atoms with Gasteiger partial charge in [0.25, 0.3) is 5.91 Å². The molecule has 0 fully saturated rings. The minimum atomic E-state index is -0.281. The lowest BCUT2D eigenvalue weighted by molar-refractivity contribution is 0.102. The number of ether oxygens (including phenoxy) is 1. The van der Waals surface area contributed by atoms with E-state index >= 15 is 0 Å². The first-order valence-corrected chi connectivity index (χ1v) is 8.47. The first-order valence-electron chi connectivity index (χ1n) is 7.59. The Bertz CT molecular complexity index is 843. The van der Waals surface area contributed by atoms with E-state index in [2.05, 4.69) is 15.3 Å². The summed E-state index contributed by atoms with van der Waals surface area (Å²) in [5.41, 5.74) is 3.45. The average molecular weight is 339 g/mol. The topological polar surface area (TPSA) is 64.1 Å². The Balaban J connectivity index is 1.77. The summed E-state index contributed by atoms with van der Waals surface area (Å²) in [6, 6.07) is 11.5. The molecular formula is C18H17N3O2S. The van der Waals surface area contributed by atoms with E-state index in [1.807, 2.05) is 43.5 Å². The molecule has 3 rings (SSSR count). The van der Waals surface area contributed by atoms with Gasteiger partial charge in [0.15, 0.2) is 5.13 Å². The van der Waals surface area contributed by atoms with Gasteiger partial charge >= 0.3 is 0 Å². The molecule has 0 unspecified atom stereocenters. The van der Waals surface area contributed by atoms with Gasteiger partial charge in [0.05, 0.1) is 12.3 Å². The number of benzene rings is 1. The number of pyridine rings is 1. The number of hydrogen-bond acceptors (Lipinski definition) is 5. The molecule has 0 atom stereocenters. The van der Waals surface area contributed by atoms with Crippen molar-refractivity contribution < 1.29 is 9.53 Å². The molecule has 3 aromatic rings. The summed E-state index contributed by atoms with van der Waals surface area (Å²) in [6.07, 6.45) is 1.60. The van der Waals surface area contributed by atoms with Crippen LogP contribution in [0.5, 0.6) is 5.88 Å². The van der Waals surface area contributed by atoms with Crippen LogP contribution in [0.3, 0.4) is 0 Å². The van der Waals surface area contributed by atoms with Gasteiger partial charge in [-0.2, -0.15) is 0 Å². The van der Waals surface area contributed by atoms with Gasteiger partial charge in [-0.1, -0.05) is 29.8 Å². The number of aryl methyl sites for hydroxylation is 1. The summed E-state index contributed by atoms with van der Waals surface area (Å²) in [6.45, 7) is 4.34. The number of nitrogens with zero attached hydrogens (tertiary/aromatic N) is 2. The third kappa shape index (κ3) is 3.60. The van der Waals surface area contributed by atoms with Crippen LogP contribution in [0.4, 0.5) is 5.13 Å². The van der Waals surface area contributed by atoms with Gasteiger partial charge in [-0.25, -0.2) is 9.97 Å². The van der Waals surface area contributed by atoms with E-state index in [-0.39, 0.29) is 5.91 Å². The molecule has 2 aromatic heterocycles. The molecule has 0 aliphatic heterocycles. The number of thiazole rings is 1. The monoisotopic (exact) mass is 339 g/mol. The largest absolute Gasteiger partial charge is 0.477 e. The zero-order valence-electron chi connectivity index (χ0n) is 13.4. The third-order valence-electron chi connectivity index (χ3n) is 3.37. The smallest absolute Gasteiger partial charge is 0.262 e. The van der Waals surface area contributed by atoms with Crippen molar-refractivity contribution in [1.82, 2.24) is 9.97 Å². The predicted octanol–water partition coefficient (Wildman–Crippen LogP) is 4.16. The van der Waals surface area contributed by atoms with Crippen LogP contribution >= 0.6 is 11.3 Å². The second-order valence-corrected chi connectivity index (χ2v) is 6.01. The van der Waals surface area contributed by atoms with Crippen LogP contribution in [0.25, 0.3) is 11.3 Å². The summed E-state index contributed by atoms with van der Waals surface area (Å²) >= 11 is 1.39. The van der Waals surface area contributed by atoms with E-state index in [1.165, 1.54) is 16.9 Å². The molecule has 6 heteroatoms. The molecule has 24 heavy (non-hydrogen) atoms. The fraction of sp³-hybridized carbons (Fsp3) is 0.167. The molecule has 0 bridgehead atoms. The van der Waals surface area contributed by atoms with Crippen LogP contribution in [-0.4, -0.2) is 22.5 Å². The lowest BCUT2D eigenvalue weighted by atomic mass is 10.1. The molecule has 2 heterocycles. The summed E-state index contributed by atoms with van der Waals surface area (Å²) in [5.74, 6) is 0.0455. The number of carbonyl (C=O) groups is 1. The highest BCUT2D eigenvalue weighted by atomic mass is 32.1. The fourth-order valence-electron chi connectivity index (χ4n) is 2.17. The van der Waals surface area contributed by atoms with Crippen LogP contribution in [0.2, 0.25) is 0 Å². The van der Waals surface area contributed by atoms with Crippen molar-refractivity contribution in [1.29, 1.82) is 0 Å². The van der Waals surface area contributed by atoms with Crippen molar-refractivity contribution in [3.63, 3.8) is 0 Å². The first-order chi connectivity index (χ1) is 11.7. The highest BCUT2D eigenvalue weighted by molar-refractivity contribution is 7.14. The molecule has 0 spiro atoms. The van der Waals surface area contributed by atoms with E-state index in [9.17, 15) is 4.79 Å². The quantitative estimate of drug-likeness (QED) is 0.758. The Morgan fingerprint density at radius 2 is 2.04 bits per heavy atom. The fourth-order valence-corrected chi connectivity index (χ4v) is 2.88. The Kier molecular flexibility index (Phi) is 4.86. The summed E-state index contributed by atoms with van der Waals surface area (Å²) in [7, 11) is 0. The Morgan fingerprint density at radius 1 is 1.25 bits per heavy atom. The predicted molar refractivity (Wildman–Crippen MR) is 95.6 cm³/mol. The zero-order valence-corrected chi connectivity index (χ0v) is 14.3. The lowest BCUT2D eigenvalue weighted by Crippen LogP contribution is -2.14. The van der Waals surface area contributed by atoms with E-state index in [4.69, 9.17) is 4.74 Å². The lowest BCUT2D eigenvalue weighted by Gasteiger charge is -2.07. The van der Waals surface area contributed by atoms with Crippen LogP contribution in [0.15, 0.2) is 48.0 Å². The van der Waals surface area contributed by atoms with Crippen LogP contribution < -0.4 is 10.1 Å². The molecule has 122 valence electrons. The highest BCUT2D eigenvalue weighted by Gasteiger charge is 2.15. The number of aromatic nitrogens is 2. The van der Waals surface area contributed by atoms with Gasteiger partial charge in [-0.05, 0) is 26.0 Å². The second kappa shape index (κ2) is 7.23. The Hall–Kier alpha value is -2.73. The standard InChI is InChI=1S/C18H17N3O2S/c1-3-23-17-14(5-4-10-19-17)16(22)21-18-20-15(11-24-18)13-8-6-12(2)7-9-13/h4-11H,3H2,1-2H3,(H,20,21,22). The first kappa shape index (κ1) is 16.1. The van der Waals surface area contributed by atoms with Crippen molar-refractivity contribution in [3.8, 4) is 17.1 Å². The normalized spacial score (nSPS) is 10.4. The van der Waals surface area contributed by atoms with Crippen LogP contribution in [0, 0.1) is 6.92 Å². The zero-order chi connectivity index (χ0) is 16.9. The van der Waals surface area contributed by atoms with E-state index < -0.39 is 0 Å². The van der Waals surface area contributed by atoms with Crippen LogP contribution in [0.1, 0.15) is 22.8 Å². The van der Waals surface area contributed by atoms with Gasteiger partial charge in [-0.15, -0.1) is 11.3 Å². The van der Waals surface area contributed by atoms with E-state index in [1.54, 1.807) is 18.3 Å². The van der Waals surface area contributed by atoms with Crippen molar-refractivity contribution in [3.05, 3.63) is 59.1 Å². The van der Waals surface area contributed by atoms with Gasteiger partial charge in [0.1, 0.15) is 5.56 Å². The average Bonchev–Trinajstić information content (AvgIpc) is 3.05. The molecule has 1 N–H and O–H groups in total. The number of amides is 1. The van der Waals surface area contributed by atoms with E-state index in [0.29, 0.717) is 23.2 Å². The van der Waals surface area contributed by atoms with Gasteiger partial charge in [0.2, 0.25) is 5.88 Å². The van der Waals surface area contributed by atoms with E-state index in [0.717, 1.165) is 11.3 Å². The number of carbonyl (C=O) groups excluding carboxylic acids is 1. The molecule has 0 aliphatic carbocycles. The number of hydrogen-bond donors (Lipinski definition) is 1. The Morgan fingerprint density at radius 3 is 2.79 bits per heavy atom. The summed E-state index contributed by atoms with van der Waals surface area (Å²) in [5, 5.41) is 5.27. The van der Waals surface area contributed by atoms with Gasteiger partial charge in [-0.3, -0.25) is 10.1 Å². The number of nitrogens with one attached hydrogen (secondary N) is 1. The Labute approximate surface area is 144 Å². The maximum atomic E-state index is 12.4. The molecular weight excluding hydrogens is 322 g/mol. The summed E-state index contributed by atoms with van der Waals surface area (Å²) < 4.78 is 5.39. The van der Waals surface area contributed by atoms with Crippen molar-refractivity contribution in [2.45, 2.75) is 13.8 Å². The highest BCUT2D eigenvalue weighted by Crippen LogP contribution is 2.26. The van der Waals surface area contributed by atoms with Crippen molar-refractivity contribution in [2.75, 3.05) is 11.9 Å². The molecule has 0 saturated heterocycles. The minimum Gasteiger partial charge on any atom is -0.477 e. The van der Waals surface area contributed by atoms with Gasteiger partial charge < -0.3 is 4.74 Å². The SMILES string of the molecule is CCOc1ncccc1C(=O)Nc1nc(-c2ccc(C)cc2)cs1.